The quantitative estimate of drug-likeness (QED) is 0.158. The molecule has 4 aromatic rings. The summed E-state index contributed by atoms with van der Waals surface area (Å²) in [6.07, 6.45) is 1.82. The number of halogens is 2. The van der Waals surface area contributed by atoms with E-state index in [1.165, 1.54) is 21.3 Å². The highest BCUT2D eigenvalue weighted by Gasteiger charge is 2.23. The lowest BCUT2D eigenvalue weighted by molar-refractivity contribution is -0.124. The van der Waals surface area contributed by atoms with Crippen molar-refractivity contribution in [2.75, 3.05) is 62.2 Å². The van der Waals surface area contributed by atoms with Gasteiger partial charge in [0.2, 0.25) is 10.9 Å². The van der Waals surface area contributed by atoms with E-state index in [2.05, 4.69) is 10.6 Å². The Hall–Kier alpha value is -5.48. The molecule has 0 amide bonds. The molecule has 2 fully saturated rings. The second kappa shape index (κ2) is 15.4. The molecule has 4 N–H and O–H groups in total. The zero-order chi connectivity index (χ0) is 37.1. The number of hydrogen-bond acceptors (Lipinski definition) is 10. The second-order valence-corrected chi connectivity index (χ2v) is 12.9. The minimum atomic E-state index is -1.49. The van der Waals surface area contributed by atoms with Crippen LogP contribution in [0.2, 0.25) is 0 Å². The van der Waals surface area contributed by atoms with Crippen LogP contribution in [0, 0.1) is 11.6 Å². The number of aromatic carboxylic acids is 2. The fraction of sp³-hybridized carbons (Fsp3) is 0.389. The van der Waals surface area contributed by atoms with Gasteiger partial charge in [0.25, 0.3) is 0 Å². The molecule has 2 aromatic heterocycles. The van der Waals surface area contributed by atoms with Crippen molar-refractivity contribution in [1.29, 1.82) is 0 Å². The third kappa shape index (κ3) is 7.57. The van der Waals surface area contributed by atoms with Gasteiger partial charge in [-0.15, -0.1) is 0 Å². The average Bonchev–Trinajstić information content (AvgIpc) is 3.13. The first-order valence-corrected chi connectivity index (χ1v) is 17.1. The van der Waals surface area contributed by atoms with Gasteiger partial charge in [-0.3, -0.25) is 19.2 Å². The molecule has 4 heterocycles. The maximum atomic E-state index is 15.2. The Bertz CT molecular complexity index is 2050. The number of rotatable bonds is 13. The van der Waals surface area contributed by atoms with Gasteiger partial charge in [0.15, 0.2) is 0 Å². The molecule has 2 saturated heterocycles. The molecule has 16 heteroatoms. The van der Waals surface area contributed by atoms with Crippen LogP contribution in [0.5, 0.6) is 0 Å². The summed E-state index contributed by atoms with van der Waals surface area (Å²) in [7, 11) is 0. The number of aromatic nitrogens is 2. The summed E-state index contributed by atoms with van der Waals surface area (Å²) in [4.78, 5) is 79.1. The fourth-order valence-electron chi connectivity index (χ4n) is 6.79. The Morgan fingerprint density at radius 1 is 0.596 bits per heavy atom. The number of benzene rings is 2. The highest BCUT2D eigenvalue weighted by molar-refractivity contribution is 5.95. The van der Waals surface area contributed by atoms with Crippen molar-refractivity contribution >= 4 is 56.7 Å². The van der Waals surface area contributed by atoms with Crippen LogP contribution < -0.4 is 31.3 Å². The summed E-state index contributed by atoms with van der Waals surface area (Å²) in [5.41, 5.74) is -1.71. The zero-order valence-electron chi connectivity index (χ0n) is 28.3. The number of nitrogens with one attached hydrogen (secondary N) is 2. The standard InChI is InChI=1S/C36H38F2N6O8/c37-27-15-23-29(17-31(27)41-11-5-39-6-12-41)43(19-25(33(23)47)35(49)50)9-3-21(45)1-2-22(46)4-10-44-20-26(36(51)52)34(48)24-16-28(38)32(18-30(24)44)42-13-7-40-8-14-42/h15-20,39-40H,1-14H2,(H,49,50)(H,51,52). The maximum Gasteiger partial charge on any atom is 0.341 e. The molecule has 2 aromatic carbocycles. The van der Waals surface area contributed by atoms with Gasteiger partial charge in [0.1, 0.15) is 34.3 Å². The van der Waals surface area contributed by atoms with Crippen LogP contribution in [0.25, 0.3) is 21.8 Å². The van der Waals surface area contributed by atoms with E-state index in [0.717, 1.165) is 24.5 Å². The molecule has 0 radical (unpaired) electrons. The van der Waals surface area contributed by atoms with Crippen LogP contribution in [0.3, 0.4) is 0 Å². The van der Waals surface area contributed by atoms with Crippen LogP contribution in [0.4, 0.5) is 20.2 Å². The predicted molar refractivity (Wildman–Crippen MR) is 189 cm³/mol. The molecule has 2 aliphatic heterocycles. The Morgan fingerprint density at radius 2 is 0.962 bits per heavy atom. The Kier molecular flexibility index (Phi) is 10.8. The molecule has 0 unspecified atom stereocenters. The Balaban J connectivity index is 1.15. The number of carbonyl (C=O) groups is 4. The van der Waals surface area contributed by atoms with E-state index in [-0.39, 0.29) is 83.5 Å². The first-order chi connectivity index (χ1) is 24.9. The largest absolute Gasteiger partial charge is 0.477 e. The fourth-order valence-corrected chi connectivity index (χ4v) is 6.79. The molecule has 0 atom stereocenters. The Labute approximate surface area is 295 Å². The van der Waals surface area contributed by atoms with E-state index in [0.29, 0.717) is 52.4 Å². The highest BCUT2D eigenvalue weighted by atomic mass is 19.1. The summed E-state index contributed by atoms with van der Waals surface area (Å²) in [5, 5.41) is 25.4. The first kappa shape index (κ1) is 36.3. The molecule has 0 aliphatic carbocycles. The second-order valence-electron chi connectivity index (χ2n) is 12.9. The molecule has 0 saturated carbocycles. The molecule has 14 nitrogen and oxygen atoms in total. The summed E-state index contributed by atoms with van der Waals surface area (Å²) in [6, 6.07) is 5.06. The Morgan fingerprint density at radius 3 is 1.31 bits per heavy atom. The number of pyridine rings is 2. The lowest BCUT2D eigenvalue weighted by Gasteiger charge is -2.30. The van der Waals surface area contributed by atoms with Crippen LogP contribution in [-0.2, 0) is 22.7 Å². The normalized spacial score (nSPS) is 15.0. The minimum absolute atomic E-state index is 0.0238. The van der Waals surface area contributed by atoms with Gasteiger partial charge in [-0.05, 0) is 24.3 Å². The highest BCUT2D eigenvalue weighted by Crippen LogP contribution is 2.27. The van der Waals surface area contributed by atoms with Gasteiger partial charge >= 0.3 is 11.9 Å². The predicted octanol–water partition coefficient (Wildman–Crippen LogP) is 2.21. The summed E-state index contributed by atoms with van der Waals surface area (Å²) in [5.74, 6) is -4.90. The lowest BCUT2D eigenvalue weighted by Crippen LogP contribution is -2.43. The van der Waals surface area contributed by atoms with Crippen molar-refractivity contribution in [3.8, 4) is 0 Å². The maximum absolute atomic E-state index is 15.2. The number of aryl methyl sites for hydroxylation is 2. The number of carboxylic acid groups (broad SMARTS) is 2. The first-order valence-electron chi connectivity index (χ1n) is 17.1. The number of hydrogen-bond donors (Lipinski definition) is 4. The van der Waals surface area contributed by atoms with Crippen LogP contribution >= 0.6 is 0 Å². The van der Waals surface area contributed by atoms with Crippen LogP contribution in [0.1, 0.15) is 46.4 Å². The third-order valence-electron chi connectivity index (χ3n) is 9.62. The average molecular weight is 721 g/mol. The van der Waals surface area contributed by atoms with Gasteiger partial charge in [-0.25, -0.2) is 18.4 Å². The number of fused-ring (bicyclic) bond motifs is 2. The monoisotopic (exact) mass is 720 g/mol. The summed E-state index contributed by atoms with van der Waals surface area (Å²) < 4.78 is 33.2. The van der Waals surface area contributed by atoms with E-state index in [9.17, 15) is 39.0 Å². The molecule has 0 bridgehead atoms. The van der Waals surface area contributed by atoms with E-state index < -0.39 is 45.6 Å². The van der Waals surface area contributed by atoms with E-state index >= 15 is 8.78 Å². The molecular weight excluding hydrogens is 682 g/mol. The third-order valence-corrected chi connectivity index (χ3v) is 9.62. The molecule has 6 rings (SSSR count). The van der Waals surface area contributed by atoms with Crippen molar-refractivity contribution < 1.29 is 38.2 Å². The number of Topliss-reactive ketones (excluding diaryl/α,β-unsaturated/α-hetero) is 2. The topological polar surface area (TPSA) is 183 Å². The number of anilines is 2. The van der Waals surface area contributed by atoms with E-state index in [1.54, 1.807) is 0 Å². The molecule has 2 aliphatic rings. The lowest BCUT2D eigenvalue weighted by atomic mass is 10.1. The number of ketones is 2. The van der Waals surface area contributed by atoms with Crippen molar-refractivity contribution in [3.63, 3.8) is 0 Å². The zero-order valence-corrected chi connectivity index (χ0v) is 28.3. The molecule has 0 spiro atoms. The van der Waals surface area contributed by atoms with Crippen LogP contribution in [0.15, 0.2) is 46.2 Å². The number of piperazine rings is 2. The smallest absolute Gasteiger partial charge is 0.341 e. The van der Waals surface area contributed by atoms with E-state index in [4.69, 9.17) is 0 Å². The minimum Gasteiger partial charge on any atom is -0.477 e. The number of carboxylic acids is 2. The molecule has 274 valence electrons. The van der Waals surface area contributed by atoms with Gasteiger partial charge in [-0.2, -0.15) is 0 Å². The van der Waals surface area contributed by atoms with E-state index in [1.807, 2.05) is 9.80 Å². The number of nitrogens with zero attached hydrogens (tertiary/aromatic N) is 4. The van der Waals surface area contributed by atoms with Gasteiger partial charge in [-0.1, -0.05) is 0 Å². The summed E-state index contributed by atoms with van der Waals surface area (Å²) in [6.45, 7) is 4.62. The molecule has 52 heavy (non-hydrogen) atoms. The van der Waals surface area contributed by atoms with Gasteiger partial charge in [0, 0.05) is 114 Å². The molecular formula is C36H38F2N6O8. The van der Waals surface area contributed by atoms with Crippen LogP contribution in [-0.4, -0.2) is 95.2 Å². The SMILES string of the molecule is O=C(CCC(=O)CCn1cc(C(=O)O)c(=O)c2cc(F)c(N3CCNCC3)cc21)CCn1cc(C(=O)O)c(=O)c2cc(F)c(N3CCNCC3)cc21. The van der Waals surface area contributed by atoms with Crippen molar-refractivity contribution in [2.45, 2.75) is 38.8 Å². The van der Waals surface area contributed by atoms with Gasteiger partial charge < -0.3 is 39.8 Å². The van der Waals surface area contributed by atoms with Gasteiger partial charge in [0.05, 0.1) is 22.4 Å². The van der Waals surface area contributed by atoms with Crippen molar-refractivity contribution in [3.05, 3.63) is 79.9 Å². The number of carbonyl (C=O) groups excluding carboxylic acids is 2. The summed E-state index contributed by atoms with van der Waals surface area (Å²) >= 11 is 0. The van der Waals surface area contributed by atoms with Crippen molar-refractivity contribution in [1.82, 2.24) is 19.8 Å². The van der Waals surface area contributed by atoms with Crippen molar-refractivity contribution in [2.24, 2.45) is 0 Å².